The smallest absolute Gasteiger partial charge is 0.0678 e. The summed E-state index contributed by atoms with van der Waals surface area (Å²) in [6.45, 7) is 6.62. The second-order valence-corrected chi connectivity index (χ2v) is 6.29. The van der Waals surface area contributed by atoms with E-state index in [1.807, 2.05) is 0 Å². The third-order valence-electron chi connectivity index (χ3n) is 4.64. The standard InChI is InChI=1S/C17H25NO/c1-13-11-18(12-14(2)19-13)17-9-8-16(10-17)15-6-4-3-5-7-15/h3-7,13-14,16-17H,8-12H2,1-2H3/t13-,14+,16-,17+/m1/s1. The van der Waals surface area contributed by atoms with Crippen molar-refractivity contribution in [1.82, 2.24) is 4.90 Å². The van der Waals surface area contributed by atoms with Gasteiger partial charge < -0.3 is 4.74 Å². The Bertz CT molecular complexity index is 395. The molecular formula is C17H25NO. The first-order valence-electron chi connectivity index (χ1n) is 7.67. The molecule has 0 aromatic heterocycles. The minimum atomic E-state index is 0.388. The van der Waals surface area contributed by atoms with Crippen molar-refractivity contribution in [3.05, 3.63) is 35.9 Å². The Balaban J connectivity index is 1.62. The lowest BCUT2D eigenvalue weighted by molar-refractivity contribution is -0.0796. The Hall–Kier alpha value is -0.860. The fraction of sp³-hybridized carbons (Fsp3) is 0.647. The van der Waals surface area contributed by atoms with Crippen molar-refractivity contribution in [2.75, 3.05) is 13.1 Å². The van der Waals surface area contributed by atoms with Crippen molar-refractivity contribution in [3.8, 4) is 0 Å². The minimum absolute atomic E-state index is 0.388. The van der Waals surface area contributed by atoms with Gasteiger partial charge in [-0.15, -0.1) is 0 Å². The van der Waals surface area contributed by atoms with Gasteiger partial charge in [-0.25, -0.2) is 0 Å². The van der Waals surface area contributed by atoms with Crippen LogP contribution in [0.4, 0.5) is 0 Å². The molecule has 1 aliphatic heterocycles. The molecule has 2 heteroatoms. The zero-order valence-corrected chi connectivity index (χ0v) is 12.1. The zero-order valence-electron chi connectivity index (χ0n) is 12.1. The number of hydrogen-bond acceptors (Lipinski definition) is 2. The van der Waals surface area contributed by atoms with Crippen LogP contribution in [0.25, 0.3) is 0 Å². The monoisotopic (exact) mass is 259 g/mol. The molecule has 3 rings (SSSR count). The normalized spacial score (nSPS) is 36.5. The van der Waals surface area contributed by atoms with Crippen molar-refractivity contribution in [1.29, 1.82) is 0 Å². The molecule has 2 aliphatic rings. The first-order chi connectivity index (χ1) is 9.22. The van der Waals surface area contributed by atoms with Crippen LogP contribution in [0.2, 0.25) is 0 Å². The quantitative estimate of drug-likeness (QED) is 0.807. The molecule has 1 aliphatic carbocycles. The van der Waals surface area contributed by atoms with Gasteiger partial charge in [0.05, 0.1) is 12.2 Å². The largest absolute Gasteiger partial charge is 0.373 e. The van der Waals surface area contributed by atoms with Crippen LogP contribution in [0.5, 0.6) is 0 Å². The maximum Gasteiger partial charge on any atom is 0.0678 e. The molecule has 1 aromatic carbocycles. The van der Waals surface area contributed by atoms with E-state index < -0.39 is 0 Å². The fourth-order valence-electron chi connectivity index (χ4n) is 3.83. The van der Waals surface area contributed by atoms with Crippen LogP contribution in [0.1, 0.15) is 44.6 Å². The summed E-state index contributed by atoms with van der Waals surface area (Å²) < 4.78 is 5.85. The molecule has 0 radical (unpaired) electrons. The number of hydrogen-bond donors (Lipinski definition) is 0. The van der Waals surface area contributed by atoms with Crippen LogP contribution >= 0.6 is 0 Å². The van der Waals surface area contributed by atoms with Crippen molar-refractivity contribution >= 4 is 0 Å². The second kappa shape index (κ2) is 5.64. The molecule has 1 heterocycles. The van der Waals surface area contributed by atoms with Gasteiger partial charge in [-0.3, -0.25) is 4.90 Å². The van der Waals surface area contributed by atoms with Gasteiger partial charge in [-0.1, -0.05) is 30.3 Å². The summed E-state index contributed by atoms with van der Waals surface area (Å²) in [6, 6.07) is 11.8. The van der Waals surface area contributed by atoms with Crippen molar-refractivity contribution in [2.45, 2.75) is 57.3 Å². The summed E-state index contributed by atoms with van der Waals surface area (Å²) in [5, 5.41) is 0. The van der Waals surface area contributed by atoms with Crippen LogP contribution in [-0.4, -0.2) is 36.2 Å². The van der Waals surface area contributed by atoms with Gasteiger partial charge in [0.2, 0.25) is 0 Å². The molecular weight excluding hydrogens is 234 g/mol. The highest BCUT2D eigenvalue weighted by Crippen LogP contribution is 2.37. The summed E-state index contributed by atoms with van der Waals surface area (Å²) in [5.41, 5.74) is 1.53. The average Bonchev–Trinajstić information content (AvgIpc) is 2.88. The van der Waals surface area contributed by atoms with Crippen LogP contribution in [0, 0.1) is 0 Å². The highest BCUT2D eigenvalue weighted by atomic mass is 16.5. The highest BCUT2D eigenvalue weighted by Gasteiger charge is 2.33. The summed E-state index contributed by atoms with van der Waals surface area (Å²) in [7, 11) is 0. The first kappa shape index (κ1) is 13.1. The van der Waals surface area contributed by atoms with Crippen LogP contribution in [-0.2, 0) is 4.74 Å². The van der Waals surface area contributed by atoms with Crippen LogP contribution in [0.15, 0.2) is 30.3 Å². The molecule has 2 nitrogen and oxygen atoms in total. The second-order valence-electron chi connectivity index (χ2n) is 6.29. The first-order valence-corrected chi connectivity index (χ1v) is 7.67. The summed E-state index contributed by atoms with van der Waals surface area (Å²) in [5.74, 6) is 0.764. The van der Waals surface area contributed by atoms with E-state index in [9.17, 15) is 0 Å². The van der Waals surface area contributed by atoms with Crippen LogP contribution in [0.3, 0.4) is 0 Å². The molecule has 0 bridgehead atoms. The van der Waals surface area contributed by atoms with E-state index in [0.29, 0.717) is 12.2 Å². The van der Waals surface area contributed by atoms with Crippen LogP contribution < -0.4 is 0 Å². The molecule has 1 aromatic rings. The Labute approximate surface area is 116 Å². The lowest BCUT2D eigenvalue weighted by Crippen LogP contribution is -2.49. The number of ether oxygens (including phenoxy) is 1. The van der Waals surface area contributed by atoms with E-state index in [1.165, 1.54) is 24.8 Å². The molecule has 104 valence electrons. The molecule has 0 amide bonds. The lowest BCUT2D eigenvalue weighted by Gasteiger charge is -2.39. The van der Waals surface area contributed by atoms with E-state index in [0.717, 1.165) is 25.0 Å². The Morgan fingerprint density at radius 3 is 2.37 bits per heavy atom. The van der Waals surface area contributed by atoms with E-state index in [-0.39, 0.29) is 0 Å². The predicted octanol–water partition coefficient (Wildman–Crippen LogP) is 3.43. The summed E-state index contributed by atoms with van der Waals surface area (Å²) in [6.07, 6.45) is 4.79. The van der Waals surface area contributed by atoms with Gasteiger partial charge in [0.25, 0.3) is 0 Å². The van der Waals surface area contributed by atoms with E-state index >= 15 is 0 Å². The summed E-state index contributed by atoms with van der Waals surface area (Å²) >= 11 is 0. The number of benzene rings is 1. The SMILES string of the molecule is C[C@@H]1CN([C@H]2CC[C@@H](c3ccccc3)C2)C[C@H](C)O1. The van der Waals surface area contributed by atoms with E-state index in [2.05, 4.69) is 49.1 Å². The average molecular weight is 259 g/mol. The van der Waals surface area contributed by atoms with Gasteiger partial charge in [0.1, 0.15) is 0 Å². The van der Waals surface area contributed by atoms with E-state index in [4.69, 9.17) is 4.74 Å². The number of rotatable bonds is 2. The number of morpholine rings is 1. The van der Waals surface area contributed by atoms with Gasteiger partial charge in [-0.05, 0) is 44.6 Å². The topological polar surface area (TPSA) is 12.5 Å². The Morgan fingerprint density at radius 1 is 1.00 bits per heavy atom. The number of nitrogens with zero attached hydrogens (tertiary/aromatic N) is 1. The maximum absolute atomic E-state index is 5.85. The lowest BCUT2D eigenvalue weighted by atomic mass is 9.97. The summed E-state index contributed by atoms with van der Waals surface area (Å²) in [4.78, 5) is 2.67. The molecule has 1 saturated carbocycles. The molecule has 2 fully saturated rings. The predicted molar refractivity (Wildman–Crippen MR) is 78.4 cm³/mol. The Kier molecular flexibility index (Phi) is 3.90. The maximum atomic E-state index is 5.85. The molecule has 0 N–H and O–H groups in total. The molecule has 0 spiro atoms. The molecule has 4 atom stereocenters. The van der Waals surface area contributed by atoms with Crippen molar-refractivity contribution in [3.63, 3.8) is 0 Å². The van der Waals surface area contributed by atoms with Gasteiger partial charge >= 0.3 is 0 Å². The zero-order chi connectivity index (χ0) is 13.2. The fourth-order valence-corrected chi connectivity index (χ4v) is 3.83. The van der Waals surface area contributed by atoms with Crippen molar-refractivity contribution in [2.24, 2.45) is 0 Å². The minimum Gasteiger partial charge on any atom is -0.373 e. The van der Waals surface area contributed by atoms with Gasteiger partial charge in [0, 0.05) is 19.1 Å². The van der Waals surface area contributed by atoms with Gasteiger partial charge in [-0.2, -0.15) is 0 Å². The third kappa shape index (κ3) is 3.01. The molecule has 0 unspecified atom stereocenters. The third-order valence-corrected chi connectivity index (χ3v) is 4.64. The highest BCUT2D eigenvalue weighted by molar-refractivity contribution is 5.21. The Morgan fingerprint density at radius 2 is 1.68 bits per heavy atom. The van der Waals surface area contributed by atoms with Gasteiger partial charge in [0.15, 0.2) is 0 Å². The molecule has 19 heavy (non-hydrogen) atoms. The van der Waals surface area contributed by atoms with Crippen molar-refractivity contribution < 1.29 is 4.74 Å². The molecule has 1 saturated heterocycles. The van der Waals surface area contributed by atoms with E-state index in [1.54, 1.807) is 0 Å².